The summed E-state index contributed by atoms with van der Waals surface area (Å²) in [5, 5.41) is 8.59. The molecule has 0 saturated carbocycles. The van der Waals surface area contributed by atoms with Crippen LogP contribution in [0, 0.1) is 5.41 Å². The Morgan fingerprint density at radius 2 is 2.50 bits per heavy atom. The lowest BCUT2D eigenvalue weighted by molar-refractivity contribution is 0.774. The van der Waals surface area contributed by atoms with Gasteiger partial charge in [-0.15, -0.1) is 0 Å². The fourth-order valence-corrected chi connectivity index (χ4v) is 2.21. The molecule has 0 bridgehead atoms. The van der Waals surface area contributed by atoms with Gasteiger partial charge in [-0.1, -0.05) is 18.7 Å². The number of hydrogen-bond donors (Lipinski definition) is 2. The summed E-state index contributed by atoms with van der Waals surface area (Å²) in [7, 11) is 1.97. The standard InChI is InChI=1S/C9H16N4S/c1-3-7(6-8(10)11)14-9-12-4-5-13(9)2/h4-5,7H,3,6H2,1-2H3,(H3,10,11). The van der Waals surface area contributed by atoms with E-state index in [9.17, 15) is 0 Å². The Labute approximate surface area is 88.4 Å². The van der Waals surface area contributed by atoms with Crippen LogP contribution in [0.2, 0.25) is 0 Å². The lowest BCUT2D eigenvalue weighted by atomic mass is 10.2. The molecule has 1 atom stereocenters. The van der Waals surface area contributed by atoms with Crippen LogP contribution < -0.4 is 5.73 Å². The molecule has 14 heavy (non-hydrogen) atoms. The molecule has 1 unspecified atom stereocenters. The van der Waals surface area contributed by atoms with Crippen molar-refractivity contribution in [1.82, 2.24) is 9.55 Å². The fraction of sp³-hybridized carbons (Fsp3) is 0.556. The molecule has 1 aromatic heterocycles. The lowest BCUT2D eigenvalue weighted by Crippen LogP contribution is -2.17. The average molecular weight is 212 g/mol. The van der Waals surface area contributed by atoms with E-state index in [0.717, 1.165) is 11.6 Å². The van der Waals surface area contributed by atoms with Crippen LogP contribution in [0.25, 0.3) is 0 Å². The number of aromatic nitrogens is 2. The number of hydrogen-bond acceptors (Lipinski definition) is 3. The smallest absolute Gasteiger partial charge is 0.167 e. The number of nitrogens with one attached hydrogen (secondary N) is 1. The van der Waals surface area contributed by atoms with Crippen molar-refractivity contribution in [2.24, 2.45) is 12.8 Å². The summed E-state index contributed by atoms with van der Waals surface area (Å²) in [5.41, 5.74) is 5.38. The van der Waals surface area contributed by atoms with E-state index >= 15 is 0 Å². The lowest BCUT2D eigenvalue weighted by Gasteiger charge is -2.12. The highest BCUT2D eigenvalue weighted by molar-refractivity contribution is 7.99. The summed E-state index contributed by atoms with van der Waals surface area (Å²) in [6.07, 6.45) is 5.33. The van der Waals surface area contributed by atoms with Gasteiger partial charge < -0.3 is 10.3 Å². The third kappa shape index (κ3) is 3.06. The van der Waals surface area contributed by atoms with Crippen LogP contribution >= 0.6 is 11.8 Å². The van der Waals surface area contributed by atoms with Crippen molar-refractivity contribution in [3.8, 4) is 0 Å². The van der Waals surface area contributed by atoms with Crippen LogP contribution in [-0.2, 0) is 7.05 Å². The van der Waals surface area contributed by atoms with Gasteiger partial charge in [0, 0.05) is 31.1 Å². The second-order valence-electron chi connectivity index (χ2n) is 3.20. The number of thioether (sulfide) groups is 1. The van der Waals surface area contributed by atoms with E-state index in [1.807, 2.05) is 17.8 Å². The van der Waals surface area contributed by atoms with Crippen molar-refractivity contribution in [2.45, 2.75) is 30.2 Å². The third-order valence-electron chi connectivity index (χ3n) is 1.95. The summed E-state index contributed by atoms with van der Waals surface area (Å²) < 4.78 is 1.98. The number of nitrogens with two attached hydrogens (primary N) is 1. The van der Waals surface area contributed by atoms with Gasteiger partial charge in [-0.2, -0.15) is 0 Å². The topological polar surface area (TPSA) is 67.7 Å². The molecule has 3 N–H and O–H groups in total. The third-order valence-corrected chi connectivity index (χ3v) is 3.39. The molecule has 0 amide bonds. The Morgan fingerprint density at radius 1 is 1.79 bits per heavy atom. The van der Waals surface area contributed by atoms with Gasteiger partial charge in [0.2, 0.25) is 0 Å². The maximum absolute atomic E-state index is 7.25. The van der Waals surface area contributed by atoms with Gasteiger partial charge in [0.15, 0.2) is 5.16 Å². The summed E-state index contributed by atoms with van der Waals surface area (Å²) in [6.45, 7) is 2.10. The Balaban J connectivity index is 2.57. The fourth-order valence-electron chi connectivity index (χ4n) is 1.13. The average Bonchev–Trinajstić information content (AvgIpc) is 2.50. The monoisotopic (exact) mass is 212 g/mol. The first-order valence-electron chi connectivity index (χ1n) is 4.60. The van der Waals surface area contributed by atoms with Crippen molar-refractivity contribution in [2.75, 3.05) is 0 Å². The quantitative estimate of drug-likeness (QED) is 0.443. The van der Waals surface area contributed by atoms with E-state index in [-0.39, 0.29) is 5.84 Å². The van der Waals surface area contributed by atoms with Gasteiger partial charge in [-0.3, -0.25) is 5.41 Å². The van der Waals surface area contributed by atoms with Gasteiger partial charge in [0.25, 0.3) is 0 Å². The van der Waals surface area contributed by atoms with Gasteiger partial charge in [-0.25, -0.2) is 4.98 Å². The number of aryl methyl sites for hydroxylation is 1. The Bertz CT molecular complexity index is 308. The second-order valence-corrected chi connectivity index (χ2v) is 4.47. The van der Waals surface area contributed by atoms with Gasteiger partial charge in [0.1, 0.15) is 0 Å². The molecule has 0 aliphatic carbocycles. The minimum Gasteiger partial charge on any atom is -0.388 e. The molecular weight excluding hydrogens is 196 g/mol. The molecule has 0 spiro atoms. The Hall–Kier alpha value is -0.970. The Kier molecular flexibility index (Phi) is 4.00. The van der Waals surface area contributed by atoms with Crippen LogP contribution in [0.3, 0.4) is 0 Å². The molecule has 1 rings (SSSR count). The molecular formula is C9H16N4S. The first-order valence-corrected chi connectivity index (χ1v) is 5.48. The molecule has 0 radical (unpaired) electrons. The van der Waals surface area contributed by atoms with Crippen LogP contribution in [0.1, 0.15) is 19.8 Å². The van der Waals surface area contributed by atoms with E-state index in [0.29, 0.717) is 11.7 Å². The van der Waals surface area contributed by atoms with E-state index in [4.69, 9.17) is 11.1 Å². The second kappa shape index (κ2) is 5.05. The van der Waals surface area contributed by atoms with Crippen LogP contribution in [0.15, 0.2) is 17.6 Å². The summed E-state index contributed by atoms with van der Waals surface area (Å²) in [5.74, 6) is 0.249. The molecule has 0 aromatic carbocycles. The molecule has 1 aromatic rings. The normalized spacial score (nSPS) is 12.7. The van der Waals surface area contributed by atoms with E-state index in [2.05, 4.69) is 11.9 Å². The highest BCUT2D eigenvalue weighted by atomic mass is 32.2. The number of amidine groups is 1. The van der Waals surface area contributed by atoms with Crippen molar-refractivity contribution in [1.29, 1.82) is 5.41 Å². The molecule has 1 heterocycles. The zero-order chi connectivity index (χ0) is 10.6. The first-order chi connectivity index (χ1) is 6.63. The van der Waals surface area contributed by atoms with E-state index in [1.54, 1.807) is 18.0 Å². The predicted molar refractivity (Wildman–Crippen MR) is 59.7 cm³/mol. The first kappa shape index (κ1) is 11.1. The minimum absolute atomic E-state index is 0.249. The number of imidazole rings is 1. The van der Waals surface area contributed by atoms with Crippen molar-refractivity contribution >= 4 is 17.6 Å². The van der Waals surface area contributed by atoms with Gasteiger partial charge >= 0.3 is 0 Å². The molecule has 5 heteroatoms. The number of rotatable bonds is 5. The highest BCUT2D eigenvalue weighted by Crippen LogP contribution is 2.25. The highest BCUT2D eigenvalue weighted by Gasteiger charge is 2.12. The molecule has 4 nitrogen and oxygen atoms in total. The molecule has 0 saturated heterocycles. The summed E-state index contributed by atoms with van der Waals surface area (Å²) in [4.78, 5) is 4.23. The minimum atomic E-state index is 0.249. The van der Waals surface area contributed by atoms with Crippen molar-refractivity contribution < 1.29 is 0 Å². The predicted octanol–water partition coefficient (Wildman–Crippen LogP) is 1.62. The van der Waals surface area contributed by atoms with Crippen molar-refractivity contribution in [3.05, 3.63) is 12.4 Å². The van der Waals surface area contributed by atoms with Crippen LogP contribution in [0.5, 0.6) is 0 Å². The Morgan fingerprint density at radius 3 is 2.93 bits per heavy atom. The molecule has 78 valence electrons. The SMILES string of the molecule is CCC(CC(=N)N)Sc1nccn1C. The zero-order valence-electron chi connectivity index (χ0n) is 8.53. The maximum Gasteiger partial charge on any atom is 0.167 e. The summed E-state index contributed by atoms with van der Waals surface area (Å²) >= 11 is 1.68. The van der Waals surface area contributed by atoms with Gasteiger partial charge in [-0.05, 0) is 6.42 Å². The maximum atomic E-state index is 7.25. The largest absolute Gasteiger partial charge is 0.388 e. The van der Waals surface area contributed by atoms with Crippen LogP contribution in [0.4, 0.5) is 0 Å². The van der Waals surface area contributed by atoms with E-state index < -0.39 is 0 Å². The van der Waals surface area contributed by atoms with Crippen LogP contribution in [-0.4, -0.2) is 20.6 Å². The molecule has 0 fully saturated rings. The summed E-state index contributed by atoms with van der Waals surface area (Å²) in [6, 6.07) is 0. The molecule has 0 aliphatic heterocycles. The molecule has 0 aliphatic rings. The van der Waals surface area contributed by atoms with Gasteiger partial charge in [0.05, 0.1) is 5.84 Å². The zero-order valence-corrected chi connectivity index (χ0v) is 9.34. The van der Waals surface area contributed by atoms with Crippen molar-refractivity contribution in [3.63, 3.8) is 0 Å². The van der Waals surface area contributed by atoms with E-state index in [1.165, 1.54) is 0 Å². The number of nitrogens with zero attached hydrogens (tertiary/aromatic N) is 2.